The lowest BCUT2D eigenvalue weighted by molar-refractivity contribution is 0.286. The van der Waals surface area contributed by atoms with E-state index in [1.165, 1.54) is 68.1 Å². The van der Waals surface area contributed by atoms with E-state index in [1.807, 2.05) is 0 Å². The van der Waals surface area contributed by atoms with Crippen molar-refractivity contribution in [3.05, 3.63) is 41.0 Å². The molecule has 2 rings (SSSR count). The molecule has 1 aromatic carbocycles. The van der Waals surface area contributed by atoms with Gasteiger partial charge in [0.2, 0.25) is 0 Å². The molecule has 0 amide bonds. The summed E-state index contributed by atoms with van der Waals surface area (Å²) in [6.45, 7) is 8.67. The third-order valence-electron chi connectivity index (χ3n) is 4.72. The van der Waals surface area contributed by atoms with E-state index >= 15 is 0 Å². The molecule has 0 nitrogen and oxygen atoms in total. The average molecular weight is 301 g/mol. The highest BCUT2D eigenvalue weighted by atomic mass is 14.2. The third-order valence-corrected chi connectivity index (χ3v) is 4.72. The maximum atomic E-state index is 2.28. The molecule has 1 aromatic rings. The molecule has 0 bridgehead atoms. The number of benzene rings is 1. The number of rotatable bonds is 7. The zero-order valence-corrected chi connectivity index (χ0v) is 15.3. The first-order valence-corrected chi connectivity index (χ1v) is 9.43. The zero-order valence-electron chi connectivity index (χ0n) is 15.3. The molecular weight excluding hydrogens is 264 g/mol. The van der Waals surface area contributed by atoms with E-state index in [-0.39, 0.29) is 0 Å². The van der Waals surface area contributed by atoms with Crippen molar-refractivity contribution >= 4 is 6.08 Å². The van der Waals surface area contributed by atoms with Crippen LogP contribution in [0.15, 0.2) is 24.3 Å². The largest absolute Gasteiger partial charge is 0.0871 e. The Morgan fingerprint density at radius 3 is 2.41 bits per heavy atom. The number of allylic oxidation sites excluding steroid dienone is 1. The van der Waals surface area contributed by atoms with E-state index in [1.54, 1.807) is 0 Å². The molecule has 0 radical (unpaired) electrons. The normalized spacial score (nSPS) is 14.5. The van der Waals surface area contributed by atoms with Crippen molar-refractivity contribution in [2.75, 3.05) is 0 Å². The van der Waals surface area contributed by atoms with Gasteiger partial charge in [-0.3, -0.25) is 0 Å². The Labute approximate surface area is 139 Å². The molecule has 0 saturated heterocycles. The van der Waals surface area contributed by atoms with E-state index in [2.05, 4.69) is 58.0 Å². The topological polar surface area (TPSA) is 0 Å². The molecule has 0 aliphatic heterocycles. The van der Waals surface area contributed by atoms with E-state index < -0.39 is 0 Å². The summed E-state index contributed by atoms with van der Waals surface area (Å²) in [7, 11) is 0. The molecule has 1 aliphatic rings. The van der Waals surface area contributed by atoms with Crippen LogP contribution in [-0.4, -0.2) is 0 Å². The highest BCUT2D eigenvalue weighted by Gasteiger charge is 2.15. The van der Waals surface area contributed by atoms with E-state index in [0.29, 0.717) is 0 Å². The molecule has 0 spiro atoms. The molecule has 1 fully saturated rings. The lowest BCUT2D eigenvalue weighted by Crippen LogP contribution is -2.10. The van der Waals surface area contributed by atoms with Crippen molar-refractivity contribution in [1.29, 1.82) is 0 Å². The summed E-state index contributed by atoms with van der Waals surface area (Å²) < 4.78 is 0. The monoisotopic (exact) mass is 300 g/mol. The molecule has 1 aliphatic carbocycles. The fraction of sp³-hybridized carbons (Fsp3) is 0.636. The van der Waals surface area contributed by atoms with E-state index in [9.17, 15) is 0 Å². The van der Waals surface area contributed by atoms with Crippen LogP contribution in [-0.2, 0) is 6.42 Å². The minimum Gasteiger partial charge on any atom is -0.0871 e. The minimum absolute atomic E-state index is 1.11. The van der Waals surface area contributed by atoms with Crippen LogP contribution in [0.5, 0.6) is 0 Å². The lowest BCUT2D eigenvalue weighted by atomic mass is 9.82. The first-order chi connectivity index (χ1) is 10.7. The first-order valence-electron chi connectivity index (χ1n) is 9.43. The van der Waals surface area contributed by atoms with Gasteiger partial charge in [0, 0.05) is 0 Å². The van der Waals surface area contributed by atoms with Gasteiger partial charge in [0.05, 0.1) is 0 Å². The predicted octanol–water partition coefficient (Wildman–Crippen LogP) is 7.35. The van der Waals surface area contributed by atoms with Gasteiger partial charge < -0.3 is 0 Å². The summed E-state index contributed by atoms with van der Waals surface area (Å²) in [6, 6.07) is 6.61. The SMILES string of the molecule is C/C=C\c1ccc(C)cc1CC.CCCCCCC1CCC1. The fourth-order valence-electron chi connectivity index (χ4n) is 3.02. The van der Waals surface area contributed by atoms with Crippen LogP contribution in [0.3, 0.4) is 0 Å². The Morgan fingerprint density at radius 2 is 1.86 bits per heavy atom. The second-order valence-corrected chi connectivity index (χ2v) is 6.70. The quantitative estimate of drug-likeness (QED) is 0.462. The van der Waals surface area contributed by atoms with Gasteiger partial charge in [0.1, 0.15) is 0 Å². The highest BCUT2D eigenvalue weighted by Crippen LogP contribution is 2.30. The third kappa shape index (κ3) is 7.29. The Kier molecular flexibility index (Phi) is 9.95. The number of hydrogen-bond donors (Lipinski definition) is 0. The van der Waals surface area contributed by atoms with Gasteiger partial charge in [0.25, 0.3) is 0 Å². The van der Waals surface area contributed by atoms with Gasteiger partial charge >= 0.3 is 0 Å². The van der Waals surface area contributed by atoms with Gasteiger partial charge in [-0.2, -0.15) is 0 Å². The summed E-state index contributed by atoms with van der Waals surface area (Å²) >= 11 is 0. The molecule has 0 aromatic heterocycles. The maximum Gasteiger partial charge on any atom is -0.0228 e. The van der Waals surface area contributed by atoms with Crippen LogP contribution in [0.2, 0.25) is 0 Å². The predicted molar refractivity (Wildman–Crippen MR) is 101 cm³/mol. The van der Waals surface area contributed by atoms with Gasteiger partial charge in [-0.15, -0.1) is 0 Å². The standard InChI is InChI=1S/C12H16.C10H20/c1-4-6-12-8-7-10(3)9-11(12)5-2;1-2-3-4-5-7-10-8-6-9-10/h4,6-9H,5H2,1-3H3;10H,2-9H2,1H3/b6-4-;. The van der Waals surface area contributed by atoms with Crippen molar-refractivity contribution in [3.8, 4) is 0 Å². The summed E-state index contributed by atoms with van der Waals surface area (Å²) in [5, 5.41) is 0. The second-order valence-electron chi connectivity index (χ2n) is 6.70. The highest BCUT2D eigenvalue weighted by molar-refractivity contribution is 5.54. The summed E-state index contributed by atoms with van der Waals surface area (Å²) in [5.41, 5.74) is 4.14. The van der Waals surface area contributed by atoms with E-state index in [0.717, 1.165) is 12.3 Å². The second kappa shape index (κ2) is 11.5. The Morgan fingerprint density at radius 1 is 1.09 bits per heavy atom. The van der Waals surface area contributed by atoms with Crippen molar-refractivity contribution in [2.24, 2.45) is 5.92 Å². The van der Waals surface area contributed by atoms with Crippen LogP contribution < -0.4 is 0 Å². The molecule has 0 N–H and O–H groups in total. The van der Waals surface area contributed by atoms with Crippen LogP contribution in [0.4, 0.5) is 0 Å². The van der Waals surface area contributed by atoms with Gasteiger partial charge in [-0.1, -0.05) is 101 Å². The van der Waals surface area contributed by atoms with Gasteiger partial charge in [-0.25, -0.2) is 0 Å². The van der Waals surface area contributed by atoms with Crippen LogP contribution in [0, 0.1) is 12.8 Å². The molecule has 124 valence electrons. The van der Waals surface area contributed by atoms with Crippen LogP contribution in [0.25, 0.3) is 6.08 Å². The number of hydrogen-bond acceptors (Lipinski definition) is 0. The van der Waals surface area contributed by atoms with Crippen LogP contribution in [0.1, 0.15) is 88.8 Å². The molecule has 22 heavy (non-hydrogen) atoms. The van der Waals surface area contributed by atoms with Crippen LogP contribution >= 0.6 is 0 Å². The maximum absolute atomic E-state index is 2.28. The smallest absolute Gasteiger partial charge is 0.0228 e. The minimum atomic E-state index is 1.11. The Balaban J connectivity index is 0.000000224. The molecular formula is C22H36. The Hall–Kier alpha value is -1.04. The van der Waals surface area contributed by atoms with Crippen molar-refractivity contribution < 1.29 is 0 Å². The Bertz CT molecular complexity index is 424. The fourth-order valence-corrected chi connectivity index (χ4v) is 3.02. The summed E-state index contributed by atoms with van der Waals surface area (Å²) in [5.74, 6) is 1.14. The average Bonchev–Trinajstić information content (AvgIpc) is 2.48. The summed E-state index contributed by atoms with van der Waals surface area (Å²) in [4.78, 5) is 0. The number of aryl methyl sites for hydroxylation is 2. The molecule has 1 saturated carbocycles. The van der Waals surface area contributed by atoms with Crippen molar-refractivity contribution in [3.63, 3.8) is 0 Å². The molecule has 0 heterocycles. The summed E-state index contributed by atoms with van der Waals surface area (Å²) in [6.07, 6.45) is 17.3. The number of unbranched alkanes of at least 4 members (excludes halogenated alkanes) is 3. The molecule has 0 atom stereocenters. The lowest BCUT2D eigenvalue weighted by Gasteiger charge is -2.24. The van der Waals surface area contributed by atoms with E-state index in [4.69, 9.17) is 0 Å². The molecule has 0 unspecified atom stereocenters. The van der Waals surface area contributed by atoms with Gasteiger partial charge in [-0.05, 0) is 37.3 Å². The molecule has 0 heteroatoms. The zero-order chi connectivity index (χ0) is 16.2. The van der Waals surface area contributed by atoms with Crippen molar-refractivity contribution in [1.82, 2.24) is 0 Å². The first kappa shape index (κ1) is 19.0. The van der Waals surface area contributed by atoms with Crippen molar-refractivity contribution in [2.45, 2.75) is 85.5 Å². The van der Waals surface area contributed by atoms with Gasteiger partial charge in [0.15, 0.2) is 0 Å².